The number of pyridine rings is 2. The van der Waals surface area contributed by atoms with Crippen molar-refractivity contribution < 1.29 is 23.0 Å². The van der Waals surface area contributed by atoms with Gasteiger partial charge in [-0.1, -0.05) is 24.9 Å². The van der Waals surface area contributed by atoms with E-state index in [0.29, 0.717) is 30.6 Å². The van der Waals surface area contributed by atoms with Crippen LogP contribution in [0.2, 0.25) is 5.02 Å². The van der Waals surface area contributed by atoms with Crippen molar-refractivity contribution in [1.29, 1.82) is 0 Å². The molecule has 0 saturated carbocycles. The molecule has 1 unspecified atom stereocenters. The van der Waals surface area contributed by atoms with Gasteiger partial charge in [0.1, 0.15) is 12.0 Å². The number of ether oxygens (including phenoxy) is 1. The molecule has 40 heavy (non-hydrogen) atoms. The van der Waals surface area contributed by atoms with Gasteiger partial charge >= 0.3 is 6.61 Å². The Balaban J connectivity index is 1.60. The zero-order chi connectivity index (χ0) is 28.6. The fourth-order valence-corrected chi connectivity index (χ4v) is 5.24. The molecule has 2 N–H and O–H groups in total. The highest BCUT2D eigenvalue weighted by Crippen LogP contribution is 2.37. The number of hydrogen-bond donors (Lipinski definition) is 2. The lowest BCUT2D eigenvalue weighted by Gasteiger charge is -2.25. The molecule has 3 aromatic heterocycles. The molecule has 3 atom stereocenters. The van der Waals surface area contributed by atoms with E-state index in [2.05, 4.69) is 20.1 Å². The minimum absolute atomic E-state index is 0.0501. The van der Waals surface area contributed by atoms with Crippen molar-refractivity contribution in [3.05, 3.63) is 81.9 Å². The van der Waals surface area contributed by atoms with Crippen molar-refractivity contribution in [1.82, 2.24) is 19.3 Å². The molecule has 210 valence electrons. The molecule has 0 amide bonds. The van der Waals surface area contributed by atoms with E-state index < -0.39 is 36.0 Å². The number of rotatable bonds is 4. The molecular formula is C28H27ClF3N5O3. The Labute approximate surface area is 233 Å². The van der Waals surface area contributed by atoms with E-state index in [0.717, 1.165) is 23.4 Å². The summed E-state index contributed by atoms with van der Waals surface area (Å²) in [4.78, 5) is 18.0. The van der Waals surface area contributed by atoms with Gasteiger partial charge in [-0.2, -0.15) is 13.9 Å². The van der Waals surface area contributed by atoms with Crippen LogP contribution < -0.4 is 15.6 Å². The van der Waals surface area contributed by atoms with Crippen LogP contribution in [0.15, 0.2) is 59.8 Å². The number of aromatic nitrogens is 4. The van der Waals surface area contributed by atoms with Crippen LogP contribution in [0, 0.1) is 11.7 Å². The van der Waals surface area contributed by atoms with Crippen molar-refractivity contribution in [3.63, 3.8) is 0 Å². The van der Waals surface area contributed by atoms with Gasteiger partial charge in [0.05, 0.1) is 39.9 Å². The monoisotopic (exact) mass is 573 g/mol. The average Bonchev–Trinajstić information content (AvgIpc) is 3.28. The lowest BCUT2D eigenvalue weighted by Crippen LogP contribution is -2.28. The molecule has 0 saturated heterocycles. The smallest absolute Gasteiger partial charge is 0.387 e. The first-order valence-electron chi connectivity index (χ1n) is 12.7. The van der Waals surface area contributed by atoms with Crippen molar-refractivity contribution in [2.75, 3.05) is 5.32 Å². The van der Waals surface area contributed by atoms with Crippen LogP contribution in [-0.4, -0.2) is 37.3 Å². The zero-order valence-corrected chi connectivity index (χ0v) is 22.4. The summed E-state index contributed by atoms with van der Waals surface area (Å²) >= 11 is 5.91. The van der Waals surface area contributed by atoms with Gasteiger partial charge in [0, 0.05) is 37.0 Å². The standard InChI is InChI=1S/C28H27ClF3N5O3/c1-15-4-3-5-21(19-12-17(8-10-33-19)26-20(35-27(15)39)14-34-36(26)2)37-11-9-16(13-23(37)38)24-22(40-28(31)32)7-6-18(29)25(24)30/h6-15,21,27-28,35,39H,3-5H2,1-2H3/t15-,21+,27?/m1/s1. The first-order chi connectivity index (χ1) is 19.1. The molecule has 1 aromatic carbocycles. The third-order valence-electron chi connectivity index (χ3n) is 7.16. The lowest BCUT2D eigenvalue weighted by molar-refractivity contribution is -0.0495. The molecule has 2 bridgehead atoms. The highest BCUT2D eigenvalue weighted by Gasteiger charge is 2.25. The number of alkyl halides is 2. The van der Waals surface area contributed by atoms with E-state index >= 15 is 0 Å². The topological polar surface area (TPSA) is 94.2 Å². The Bertz CT molecular complexity index is 1590. The summed E-state index contributed by atoms with van der Waals surface area (Å²) in [5.74, 6) is -1.49. The quantitative estimate of drug-likeness (QED) is 0.318. The number of nitrogens with zero attached hydrogens (tertiary/aromatic N) is 4. The third kappa shape index (κ3) is 5.44. The van der Waals surface area contributed by atoms with E-state index in [1.54, 1.807) is 24.1 Å². The third-order valence-corrected chi connectivity index (χ3v) is 7.45. The lowest BCUT2D eigenvalue weighted by atomic mass is 9.96. The largest absolute Gasteiger partial charge is 0.434 e. The SMILES string of the molecule is C[C@@H]1CCC[C@H](n2ccc(-c3c(OC(F)F)ccc(Cl)c3F)cc2=O)c2cc(ccn2)-c2c(cnn2C)NC1O. The molecule has 0 radical (unpaired) electrons. The van der Waals surface area contributed by atoms with Gasteiger partial charge < -0.3 is 19.7 Å². The van der Waals surface area contributed by atoms with Gasteiger partial charge in [0.15, 0.2) is 5.82 Å². The fourth-order valence-electron chi connectivity index (χ4n) is 5.08. The molecular weight excluding hydrogens is 547 g/mol. The maximum Gasteiger partial charge on any atom is 0.387 e. The summed E-state index contributed by atoms with van der Waals surface area (Å²) in [6.45, 7) is -1.25. The predicted molar refractivity (Wildman–Crippen MR) is 145 cm³/mol. The molecule has 4 aromatic rings. The molecule has 1 aliphatic rings. The number of aliphatic hydroxyl groups is 1. The molecule has 1 aliphatic heterocycles. The van der Waals surface area contributed by atoms with E-state index in [4.69, 9.17) is 11.6 Å². The molecule has 12 heteroatoms. The van der Waals surface area contributed by atoms with Crippen LogP contribution in [0.4, 0.5) is 18.9 Å². The number of benzene rings is 1. The highest BCUT2D eigenvalue weighted by molar-refractivity contribution is 6.31. The summed E-state index contributed by atoms with van der Waals surface area (Å²) in [5, 5.41) is 18.0. The second-order valence-electron chi connectivity index (χ2n) is 9.79. The molecule has 4 heterocycles. The van der Waals surface area contributed by atoms with Gasteiger partial charge in [-0.15, -0.1) is 0 Å². The number of hydrogen-bond acceptors (Lipinski definition) is 6. The van der Waals surface area contributed by atoms with E-state index in [-0.39, 0.29) is 22.1 Å². The summed E-state index contributed by atoms with van der Waals surface area (Å²) < 4.78 is 48.6. The van der Waals surface area contributed by atoms with E-state index in [1.807, 2.05) is 19.1 Å². The summed E-state index contributed by atoms with van der Waals surface area (Å²) in [7, 11) is 1.80. The van der Waals surface area contributed by atoms with Crippen LogP contribution >= 0.6 is 11.6 Å². The average molecular weight is 574 g/mol. The van der Waals surface area contributed by atoms with Crippen LogP contribution in [0.5, 0.6) is 5.75 Å². The number of aliphatic hydroxyl groups excluding tert-OH is 1. The Morgan fingerprint density at radius 3 is 2.73 bits per heavy atom. The molecule has 8 nitrogen and oxygen atoms in total. The van der Waals surface area contributed by atoms with Gasteiger partial charge in [-0.25, -0.2) is 4.39 Å². The minimum Gasteiger partial charge on any atom is -0.434 e. The van der Waals surface area contributed by atoms with Crippen molar-refractivity contribution in [3.8, 4) is 28.1 Å². The van der Waals surface area contributed by atoms with Crippen LogP contribution in [0.1, 0.15) is 37.9 Å². The Hall–Kier alpha value is -3.83. The van der Waals surface area contributed by atoms with Crippen molar-refractivity contribution >= 4 is 17.3 Å². The van der Waals surface area contributed by atoms with Crippen molar-refractivity contribution in [2.45, 2.75) is 45.1 Å². The first kappa shape index (κ1) is 27.7. The van der Waals surface area contributed by atoms with Crippen LogP contribution in [0.25, 0.3) is 22.4 Å². The maximum atomic E-state index is 15.0. The Morgan fingerprint density at radius 1 is 1.18 bits per heavy atom. The zero-order valence-electron chi connectivity index (χ0n) is 21.7. The Kier molecular flexibility index (Phi) is 7.86. The maximum absolute atomic E-state index is 15.0. The van der Waals surface area contributed by atoms with Gasteiger partial charge in [-0.3, -0.25) is 14.5 Å². The predicted octanol–water partition coefficient (Wildman–Crippen LogP) is 5.84. The van der Waals surface area contributed by atoms with Crippen LogP contribution in [0.3, 0.4) is 0 Å². The number of fused-ring (bicyclic) bond motifs is 4. The normalized spacial score (nSPS) is 19.4. The second-order valence-corrected chi connectivity index (χ2v) is 10.2. The van der Waals surface area contributed by atoms with Gasteiger partial charge in [-0.05, 0) is 48.7 Å². The molecule has 0 fully saturated rings. The summed E-state index contributed by atoms with van der Waals surface area (Å²) in [6, 6.07) is 8.09. The summed E-state index contributed by atoms with van der Waals surface area (Å²) in [6.07, 6.45) is 5.84. The first-order valence-corrected chi connectivity index (χ1v) is 13.1. The molecule has 0 spiro atoms. The van der Waals surface area contributed by atoms with E-state index in [9.17, 15) is 23.1 Å². The molecule has 0 aliphatic carbocycles. The number of aryl methyl sites for hydroxylation is 1. The van der Waals surface area contributed by atoms with Crippen LogP contribution in [-0.2, 0) is 7.05 Å². The Morgan fingerprint density at radius 2 is 1.98 bits per heavy atom. The van der Waals surface area contributed by atoms with Crippen molar-refractivity contribution in [2.24, 2.45) is 13.0 Å². The van der Waals surface area contributed by atoms with Gasteiger partial charge in [0.25, 0.3) is 5.56 Å². The van der Waals surface area contributed by atoms with E-state index in [1.165, 1.54) is 22.9 Å². The number of halogens is 4. The number of nitrogens with one attached hydrogen (secondary N) is 1. The van der Waals surface area contributed by atoms with Gasteiger partial charge in [0.2, 0.25) is 0 Å². The fraction of sp³-hybridized carbons (Fsp3) is 0.321. The molecule has 5 rings (SSSR count). The summed E-state index contributed by atoms with van der Waals surface area (Å²) in [5.41, 5.74) is 2.08. The second kappa shape index (κ2) is 11.3. The highest BCUT2D eigenvalue weighted by atomic mass is 35.5. The minimum atomic E-state index is -3.19. The number of anilines is 1.